The predicted molar refractivity (Wildman–Crippen MR) is 77.0 cm³/mol. The number of benzene rings is 1. The number of hydrogen-bond donors (Lipinski definition) is 1. The van der Waals surface area contributed by atoms with Crippen LogP contribution in [0.2, 0.25) is 0 Å². The third-order valence-electron chi connectivity index (χ3n) is 3.18. The molecular weight excluding hydrogens is 220 g/mol. The van der Waals surface area contributed by atoms with Gasteiger partial charge in [0.1, 0.15) is 0 Å². The van der Waals surface area contributed by atoms with Gasteiger partial charge in [-0.15, -0.1) is 0 Å². The van der Waals surface area contributed by atoms with Crippen LogP contribution in [0.4, 0.5) is 5.69 Å². The summed E-state index contributed by atoms with van der Waals surface area (Å²) < 4.78 is 0. The molecule has 1 aromatic carbocycles. The first kappa shape index (κ1) is 12.6. The van der Waals surface area contributed by atoms with Crippen LogP contribution >= 0.6 is 0 Å². The van der Waals surface area contributed by atoms with E-state index >= 15 is 0 Å². The van der Waals surface area contributed by atoms with E-state index in [0.29, 0.717) is 0 Å². The second kappa shape index (κ2) is 5.21. The lowest BCUT2D eigenvalue weighted by molar-refractivity contribution is 1.07. The van der Waals surface area contributed by atoms with E-state index in [4.69, 9.17) is 0 Å². The molecule has 0 spiro atoms. The number of nitrogens with zero attached hydrogens (tertiary/aromatic N) is 1. The summed E-state index contributed by atoms with van der Waals surface area (Å²) in [5, 5.41) is 3.44. The molecule has 94 valence electrons. The molecule has 0 saturated carbocycles. The van der Waals surface area contributed by atoms with Crippen LogP contribution in [0.3, 0.4) is 0 Å². The average molecular weight is 240 g/mol. The van der Waals surface area contributed by atoms with Gasteiger partial charge in [-0.2, -0.15) is 0 Å². The standard InChI is InChI=1S/C16H20N2/c1-11-5-13(3)16(14(4)6-11)10-18-15-7-12(2)8-17-9-15/h5-9,18H,10H2,1-4H3. The summed E-state index contributed by atoms with van der Waals surface area (Å²) in [6.45, 7) is 9.39. The van der Waals surface area contributed by atoms with Crippen molar-refractivity contribution < 1.29 is 0 Å². The number of aromatic nitrogens is 1. The van der Waals surface area contributed by atoms with Gasteiger partial charge in [-0.25, -0.2) is 0 Å². The minimum Gasteiger partial charge on any atom is -0.380 e. The highest BCUT2D eigenvalue weighted by molar-refractivity contribution is 5.45. The van der Waals surface area contributed by atoms with Crippen molar-refractivity contribution in [2.75, 3.05) is 5.32 Å². The molecule has 2 rings (SSSR count). The van der Waals surface area contributed by atoms with Crippen molar-refractivity contribution in [2.45, 2.75) is 34.2 Å². The molecule has 0 atom stereocenters. The fourth-order valence-electron chi connectivity index (χ4n) is 2.33. The monoisotopic (exact) mass is 240 g/mol. The van der Waals surface area contributed by atoms with E-state index in [1.54, 1.807) is 0 Å². The third kappa shape index (κ3) is 2.89. The van der Waals surface area contributed by atoms with Gasteiger partial charge in [0.05, 0.1) is 5.69 Å². The lowest BCUT2D eigenvalue weighted by Crippen LogP contribution is -2.04. The van der Waals surface area contributed by atoms with Gasteiger partial charge in [0.15, 0.2) is 0 Å². The molecule has 2 nitrogen and oxygen atoms in total. The topological polar surface area (TPSA) is 24.9 Å². The number of pyridine rings is 1. The minimum absolute atomic E-state index is 0.850. The maximum Gasteiger partial charge on any atom is 0.0532 e. The summed E-state index contributed by atoms with van der Waals surface area (Å²) in [5.41, 5.74) is 7.65. The van der Waals surface area contributed by atoms with Crippen LogP contribution < -0.4 is 5.32 Å². The maximum absolute atomic E-state index is 4.19. The van der Waals surface area contributed by atoms with Crippen molar-refractivity contribution in [3.63, 3.8) is 0 Å². The lowest BCUT2D eigenvalue weighted by Gasteiger charge is -2.13. The fourth-order valence-corrected chi connectivity index (χ4v) is 2.33. The zero-order valence-electron chi connectivity index (χ0n) is 11.5. The van der Waals surface area contributed by atoms with Gasteiger partial charge < -0.3 is 5.32 Å². The van der Waals surface area contributed by atoms with Crippen molar-refractivity contribution in [1.82, 2.24) is 4.98 Å². The SMILES string of the molecule is Cc1cncc(NCc2c(C)cc(C)cc2C)c1. The molecule has 0 aliphatic heterocycles. The highest BCUT2D eigenvalue weighted by Crippen LogP contribution is 2.18. The van der Waals surface area contributed by atoms with Gasteiger partial charge in [0, 0.05) is 18.9 Å². The van der Waals surface area contributed by atoms with Crippen molar-refractivity contribution in [3.05, 3.63) is 58.4 Å². The molecule has 0 aliphatic carbocycles. The summed E-state index contributed by atoms with van der Waals surface area (Å²) >= 11 is 0. The van der Waals surface area contributed by atoms with E-state index in [9.17, 15) is 0 Å². The predicted octanol–water partition coefficient (Wildman–Crippen LogP) is 3.93. The Morgan fingerprint density at radius 3 is 2.17 bits per heavy atom. The van der Waals surface area contributed by atoms with Gasteiger partial charge >= 0.3 is 0 Å². The van der Waals surface area contributed by atoms with E-state index in [0.717, 1.165) is 12.2 Å². The van der Waals surface area contributed by atoms with Crippen molar-refractivity contribution in [2.24, 2.45) is 0 Å². The van der Waals surface area contributed by atoms with Crippen LogP contribution in [-0.2, 0) is 6.54 Å². The largest absolute Gasteiger partial charge is 0.380 e. The van der Waals surface area contributed by atoms with Gasteiger partial charge in [-0.3, -0.25) is 4.98 Å². The molecule has 0 bridgehead atoms. The zero-order valence-corrected chi connectivity index (χ0v) is 11.5. The first-order chi connectivity index (χ1) is 8.56. The molecule has 0 radical (unpaired) electrons. The average Bonchev–Trinajstić information content (AvgIpc) is 2.27. The van der Waals surface area contributed by atoms with E-state index in [-0.39, 0.29) is 0 Å². The molecule has 0 unspecified atom stereocenters. The molecule has 1 heterocycles. The summed E-state index contributed by atoms with van der Waals surface area (Å²) in [7, 11) is 0. The van der Waals surface area contributed by atoms with Crippen LogP contribution in [0.5, 0.6) is 0 Å². The molecule has 0 aliphatic rings. The zero-order chi connectivity index (χ0) is 13.1. The Morgan fingerprint density at radius 1 is 0.889 bits per heavy atom. The Hall–Kier alpha value is -1.83. The highest BCUT2D eigenvalue weighted by atomic mass is 14.9. The quantitative estimate of drug-likeness (QED) is 0.879. The third-order valence-corrected chi connectivity index (χ3v) is 3.18. The molecule has 1 N–H and O–H groups in total. The van der Waals surface area contributed by atoms with Crippen LogP contribution in [0.1, 0.15) is 27.8 Å². The Morgan fingerprint density at radius 2 is 1.56 bits per heavy atom. The van der Waals surface area contributed by atoms with Gasteiger partial charge in [-0.1, -0.05) is 17.7 Å². The van der Waals surface area contributed by atoms with E-state index in [1.807, 2.05) is 12.4 Å². The van der Waals surface area contributed by atoms with Crippen molar-refractivity contribution >= 4 is 5.69 Å². The van der Waals surface area contributed by atoms with Crippen molar-refractivity contribution in [3.8, 4) is 0 Å². The minimum atomic E-state index is 0.850. The Bertz CT molecular complexity index is 536. The second-order valence-corrected chi connectivity index (χ2v) is 4.98. The fraction of sp³-hybridized carbons (Fsp3) is 0.312. The van der Waals surface area contributed by atoms with Crippen LogP contribution in [-0.4, -0.2) is 4.98 Å². The Balaban J connectivity index is 2.16. The molecule has 0 amide bonds. The summed E-state index contributed by atoms with van der Waals surface area (Å²) in [6.07, 6.45) is 3.74. The molecule has 2 heteroatoms. The number of nitrogens with one attached hydrogen (secondary N) is 1. The molecule has 1 aromatic heterocycles. The summed E-state index contributed by atoms with van der Waals surface area (Å²) in [4.78, 5) is 4.19. The first-order valence-corrected chi connectivity index (χ1v) is 6.28. The highest BCUT2D eigenvalue weighted by Gasteiger charge is 2.03. The van der Waals surface area contributed by atoms with Gasteiger partial charge in [-0.05, 0) is 56.0 Å². The normalized spacial score (nSPS) is 10.4. The molecule has 0 saturated heterocycles. The number of aryl methyl sites for hydroxylation is 4. The maximum atomic E-state index is 4.19. The molecule has 2 aromatic rings. The smallest absolute Gasteiger partial charge is 0.0532 e. The lowest BCUT2D eigenvalue weighted by atomic mass is 10.00. The summed E-state index contributed by atoms with van der Waals surface area (Å²) in [5.74, 6) is 0. The van der Waals surface area contributed by atoms with Gasteiger partial charge in [0.2, 0.25) is 0 Å². The summed E-state index contributed by atoms with van der Waals surface area (Å²) in [6, 6.07) is 6.59. The van der Waals surface area contributed by atoms with E-state index < -0.39 is 0 Å². The molecule has 0 fully saturated rings. The first-order valence-electron chi connectivity index (χ1n) is 6.28. The number of hydrogen-bond acceptors (Lipinski definition) is 2. The molecule has 18 heavy (non-hydrogen) atoms. The second-order valence-electron chi connectivity index (χ2n) is 4.98. The Kier molecular flexibility index (Phi) is 3.66. The van der Waals surface area contributed by atoms with Crippen LogP contribution in [0, 0.1) is 27.7 Å². The number of anilines is 1. The van der Waals surface area contributed by atoms with E-state index in [1.165, 1.54) is 27.8 Å². The number of rotatable bonds is 3. The van der Waals surface area contributed by atoms with Gasteiger partial charge in [0.25, 0.3) is 0 Å². The Labute approximate surface area is 109 Å². The van der Waals surface area contributed by atoms with Crippen molar-refractivity contribution in [1.29, 1.82) is 0 Å². The van der Waals surface area contributed by atoms with Crippen LogP contribution in [0.15, 0.2) is 30.6 Å². The van der Waals surface area contributed by atoms with Crippen LogP contribution in [0.25, 0.3) is 0 Å². The van der Waals surface area contributed by atoms with E-state index in [2.05, 4.69) is 56.2 Å². The molecular formula is C16H20N2.